The highest BCUT2D eigenvalue weighted by atomic mass is 32.1. The minimum atomic E-state index is -0.732. The summed E-state index contributed by atoms with van der Waals surface area (Å²) < 4.78 is 0. The van der Waals surface area contributed by atoms with Gasteiger partial charge in [0.05, 0.1) is 10.4 Å². The molecule has 78 valence electrons. The Bertz CT molecular complexity index is 456. The zero-order chi connectivity index (χ0) is 10.8. The summed E-state index contributed by atoms with van der Waals surface area (Å²) in [6, 6.07) is 1.84. The number of thiazole rings is 1. The predicted molar refractivity (Wildman–Crippen MR) is 59.6 cm³/mol. The number of aliphatic hydroxyl groups excluding tert-OH is 1. The van der Waals surface area contributed by atoms with E-state index in [-0.39, 0.29) is 0 Å². The van der Waals surface area contributed by atoms with E-state index in [1.165, 1.54) is 11.3 Å². The summed E-state index contributed by atoms with van der Waals surface area (Å²) in [7, 11) is 0. The van der Waals surface area contributed by atoms with Gasteiger partial charge in [-0.25, -0.2) is 4.98 Å². The van der Waals surface area contributed by atoms with Crippen LogP contribution in [0.5, 0.6) is 0 Å². The van der Waals surface area contributed by atoms with Crippen LogP contribution in [0.2, 0.25) is 0 Å². The molecule has 2 aromatic heterocycles. The molecule has 2 rings (SSSR count). The molecule has 0 radical (unpaired) electrons. The van der Waals surface area contributed by atoms with E-state index in [1.807, 2.05) is 13.0 Å². The Kier molecular flexibility index (Phi) is 2.66. The van der Waals surface area contributed by atoms with Crippen molar-refractivity contribution < 1.29 is 5.11 Å². The smallest absolute Gasteiger partial charge is 0.129 e. The summed E-state index contributed by atoms with van der Waals surface area (Å²) in [4.78, 5) is 8.70. The number of nitrogens with two attached hydrogens (primary N) is 1. The lowest BCUT2D eigenvalue weighted by atomic mass is 10.1. The van der Waals surface area contributed by atoms with Gasteiger partial charge in [-0.05, 0) is 18.6 Å². The average Bonchev–Trinajstić information content (AvgIpc) is 2.74. The topological polar surface area (TPSA) is 72.0 Å². The van der Waals surface area contributed by atoms with E-state index in [4.69, 9.17) is 5.73 Å². The maximum Gasteiger partial charge on any atom is 0.129 e. The zero-order valence-corrected chi connectivity index (χ0v) is 9.03. The van der Waals surface area contributed by atoms with E-state index in [1.54, 1.807) is 17.9 Å². The van der Waals surface area contributed by atoms with Crippen molar-refractivity contribution in [2.75, 3.05) is 5.73 Å². The first-order valence-corrected chi connectivity index (χ1v) is 5.35. The van der Waals surface area contributed by atoms with Crippen LogP contribution in [0.3, 0.4) is 0 Å². The van der Waals surface area contributed by atoms with E-state index in [0.29, 0.717) is 11.4 Å². The molecule has 0 bridgehead atoms. The van der Waals surface area contributed by atoms with Gasteiger partial charge in [0.15, 0.2) is 0 Å². The van der Waals surface area contributed by atoms with Crippen molar-refractivity contribution in [3.05, 3.63) is 40.0 Å². The fourth-order valence-electron chi connectivity index (χ4n) is 1.34. The molecule has 0 saturated carbocycles. The monoisotopic (exact) mass is 221 g/mol. The van der Waals surface area contributed by atoms with Gasteiger partial charge in [0.2, 0.25) is 0 Å². The number of pyridine rings is 1. The SMILES string of the molecule is Cc1cnc(N)c(C(O)c2cncs2)c1. The van der Waals surface area contributed by atoms with Gasteiger partial charge in [-0.3, -0.25) is 4.98 Å². The maximum absolute atomic E-state index is 10.0. The molecular weight excluding hydrogens is 210 g/mol. The quantitative estimate of drug-likeness (QED) is 0.806. The van der Waals surface area contributed by atoms with Crippen LogP contribution in [0.25, 0.3) is 0 Å². The third-order valence-corrected chi connectivity index (χ3v) is 2.93. The summed E-state index contributed by atoms with van der Waals surface area (Å²) in [6.45, 7) is 1.91. The van der Waals surface area contributed by atoms with Crippen molar-refractivity contribution in [1.29, 1.82) is 0 Å². The summed E-state index contributed by atoms with van der Waals surface area (Å²) >= 11 is 1.40. The molecule has 0 fully saturated rings. The Hall–Kier alpha value is -1.46. The normalized spacial score (nSPS) is 12.7. The van der Waals surface area contributed by atoms with Crippen LogP contribution in [-0.2, 0) is 0 Å². The van der Waals surface area contributed by atoms with Gasteiger partial charge in [0.1, 0.15) is 11.9 Å². The molecule has 0 saturated heterocycles. The number of aliphatic hydroxyl groups is 1. The first-order chi connectivity index (χ1) is 7.18. The van der Waals surface area contributed by atoms with Crippen LogP contribution in [0.4, 0.5) is 5.82 Å². The van der Waals surface area contributed by atoms with Crippen molar-refractivity contribution in [1.82, 2.24) is 9.97 Å². The van der Waals surface area contributed by atoms with E-state index >= 15 is 0 Å². The summed E-state index contributed by atoms with van der Waals surface area (Å²) in [6.07, 6.45) is 2.58. The zero-order valence-electron chi connectivity index (χ0n) is 8.21. The number of hydrogen-bond acceptors (Lipinski definition) is 5. The highest BCUT2D eigenvalue weighted by molar-refractivity contribution is 7.09. The predicted octanol–water partition coefficient (Wildman–Crippen LogP) is 1.51. The Morgan fingerprint density at radius 1 is 1.47 bits per heavy atom. The summed E-state index contributed by atoms with van der Waals surface area (Å²) in [5, 5.41) is 10.0. The lowest BCUT2D eigenvalue weighted by molar-refractivity contribution is 0.224. The molecule has 0 aliphatic carbocycles. The Morgan fingerprint density at radius 3 is 2.93 bits per heavy atom. The second-order valence-corrected chi connectivity index (χ2v) is 4.21. The number of hydrogen-bond donors (Lipinski definition) is 2. The van der Waals surface area contributed by atoms with Crippen LogP contribution in [0, 0.1) is 6.92 Å². The molecule has 0 aliphatic heterocycles. The van der Waals surface area contributed by atoms with Gasteiger partial charge in [-0.2, -0.15) is 0 Å². The lowest BCUT2D eigenvalue weighted by Gasteiger charge is -2.11. The largest absolute Gasteiger partial charge is 0.383 e. The number of anilines is 1. The van der Waals surface area contributed by atoms with E-state index < -0.39 is 6.10 Å². The first kappa shape index (κ1) is 10.1. The van der Waals surface area contributed by atoms with Crippen LogP contribution in [0.1, 0.15) is 22.1 Å². The molecule has 2 aromatic rings. The third-order valence-electron chi connectivity index (χ3n) is 2.10. The molecule has 2 heterocycles. The molecule has 3 N–H and O–H groups in total. The standard InChI is InChI=1S/C10H11N3OS/c1-6-2-7(10(11)13-3-6)9(14)8-4-12-5-15-8/h2-5,9,14H,1H3,(H2,11,13). The molecule has 5 heteroatoms. The Balaban J connectivity index is 2.41. The molecule has 4 nitrogen and oxygen atoms in total. The molecule has 0 aliphatic rings. The van der Waals surface area contributed by atoms with E-state index in [9.17, 15) is 5.11 Å². The molecule has 0 spiro atoms. The lowest BCUT2D eigenvalue weighted by Crippen LogP contribution is -2.04. The van der Waals surface area contributed by atoms with Gasteiger partial charge >= 0.3 is 0 Å². The maximum atomic E-state index is 10.0. The molecule has 0 aromatic carbocycles. The van der Waals surface area contributed by atoms with Gasteiger partial charge < -0.3 is 10.8 Å². The fraction of sp³-hybridized carbons (Fsp3) is 0.200. The van der Waals surface area contributed by atoms with Crippen molar-refractivity contribution in [3.8, 4) is 0 Å². The minimum Gasteiger partial charge on any atom is -0.383 e. The number of aromatic nitrogens is 2. The number of rotatable bonds is 2. The second-order valence-electron chi connectivity index (χ2n) is 3.29. The fourth-order valence-corrected chi connectivity index (χ4v) is 1.96. The Morgan fingerprint density at radius 2 is 2.27 bits per heavy atom. The third kappa shape index (κ3) is 1.98. The minimum absolute atomic E-state index is 0.363. The number of aryl methyl sites for hydroxylation is 1. The molecule has 1 atom stereocenters. The highest BCUT2D eigenvalue weighted by Gasteiger charge is 2.15. The van der Waals surface area contributed by atoms with Gasteiger partial charge in [-0.1, -0.05) is 0 Å². The summed E-state index contributed by atoms with van der Waals surface area (Å²) in [5.41, 5.74) is 9.00. The average molecular weight is 221 g/mol. The molecule has 15 heavy (non-hydrogen) atoms. The molecular formula is C10H11N3OS. The van der Waals surface area contributed by atoms with Crippen molar-refractivity contribution in [3.63, 3.8) is 0 Å². The second kappa shape index (κ2) is 3.96. The molecule has 1 unspecified atom stereocenters. The van der Waals surface area contributed by atoms with Gasteiger partial charge in [0, 0.05) is 18.0 Å². The Labute approximate surface area is 91.4 Å². The van der Waals surface area contributed by atoms with Crippen molar-refractivity contribution in [2.24, 2.45) is 0 Å². The van der Waals surface area contributed by atoms with E-state index in [0.717, 1.165) is 10.4 Å². The van der Waals surface area contributed by atoms with E-state index in [2.05, 4.69) is 9.97 Å². The summed E-state index contributed by atoms with van der Waals surface area (Å²) in [5.74, 6) is 0.363. The van der Waals surface area contributed by atoms with Crippen LogP contribution >= 0.6 is 11.3 Å². The van der Waals surface area contributed by atoms with Crippen molar-refractivity contribution >= 4 is 17.2 Å². The van der Waals surface area contributed by atoms with Crippen LogP contribution in [0.15, 0.2) is 24.0 Å². The van der Waals surface area contributed by atoms with Crippen LogP contribution in [-0.4, -0.2) is 15.1 Å². The van der Waals surface area contributed by atoms with Gasteiger partial charge in [0.25, 0.3) is 0 Å². The highest BCUT2D eigenvalue weighted by Crippen LogP contribution is 2.27. The van der Waals surface area contributed by atoms with Crippen molar-refractivity contribution in [2.45, 2.75) is 13.0 Å². The number of nitrogens with zero attached hydrogens (tertiary/aromatic N) is 2. The first-order valence-electron chi connectivity index (χ1n) is 4.47. The van der Waals surface area contributed by atoms with Gasteiger partial charge in [-0.15, -0.1) is 11.3 Å². The van der Waals surface area contributed by atoms with Crippen LogP contribution < -0.4 is 5.73 Å². The molecule has 0 amide bonds. The number of nitrogen functional groups attached to an aromatic ring is 1.